The number of halogens is 1. The summed E-state index contributed by atoms with van der Waals surface area (Å²) >= 11 is 4.60. The fourth-order valence-corrected chi connectivity index (χ4v) is 9.12. The third kappa shape index (κ3) is 11.1. The zero-order valence-corrected chi connectivity index (χ0v) is 34.2. The van der Waals surface area contributed by atoms with Crippen molar-refractivity contribution >= 4 is 40.7 Å². The van der Waals surface area contributed by atoms with Crippen molar-refractivity contribution in [2.45, 2.75) is 76.0 Å². The molecule has 0 spiro atoms. The van der Waals surface area contributed by atoms with E-state index in [0.717, 1.165) is 44.0 Å². The number of amides is 1. The molecule has 4 N–H and O–H groups in total. The highest BCUT2D eigenvalue weighted by atomic mass is 35.5. The number of hydrogen-bond donors (Lipinski definition) is 3. The van der Waals surface area contributed by atoms with Crippen molar-refractivity contribution in [3.05, 3.63) is 59.7 Å². The minimum Gasteiger partial charge on any atom is -0.457 e. The van der Waals surface area contributed by atoms with Crippen LogP contribution in [0.4, 0.5) is 25.8 Å². The minimum atomic E-state index is -0.773. The van der Waals surface area contributed by atoms with Crippen molar-refractivity contribution in [3.8, 4) is 0 Å². The fraction of sp³-hybridized carbons (Fsp3) is 0.643. The van der Waals surface area contributed by atoms with Crippen molar-refractivity contribution in [3.63, 3.8) is 0 Å². The van der Waals surface area contributed by atoms with E-state index in [1.54, 1.807) is 0 Å². The normalized spacial score (nSPS) is 25.9. The summed E-state index contributed by atoms with van der Waals surface area (Å²) in [5.41, 5.74) is 8.72. The van der Waals surface area contributed by atoms with Gasteiger partial charge in [0.05, 0.1) is 27.9 Å². The lowest BCUT2D eigenvalue weighted by atomic mass is 9.90. The largest absolute Gasteiger partial charge is 0.508 e. The molecule has 2 saturated carbocycles. The molecule has 4 fully saturated rings. The molecular weight excluding hydrogens is 724 g/mol. The van der Waals surface area contributed by atoms with E-state index in [1.165, 1.54) is 84.8 Å². The first-order valence-electron chi connectivity index (χ1n) is 19.9. The number of carbonyl (C=O) groups excluding carboxylic acids is 3. The Morgan fingerprint density at radius 3 is 1.73 bits per heavy atom. The fourth-order valence-electron chi connectivity index (χ4n) is 9.12. The average molecular weight is 787 g/mol. The smallest absolute Gasteiger partial charge is 0.457 e. The molecule has 6 rings (SSSR count). The predicted octanol–water partition coefficient (Wildman–Crippen LogP) is 7.66. The number of fused-ring (bicyclic) bond motifs is 2. The Balaban J connectivity index is 0.000000226. The Bertz CT molecular complexity index is 1520. The third-order valence-electron chi connectivity index (χ3n) is 12.1. The Labute approximate surface area is 332 Å². The van der Waals surface area contributed by atoms with Gasteiger partial charge in [0.25, 0.3) is 0 Å². The number of rotatable bonds is 16. The standard InChI is InChI=1S/C22H32N2O5.C18H28N2O.C2H3ClO2/c1-4-5-6-7-11-24-13-18-19(14-24)22(18,15-29-21(26)28-3)16-9-8-10-17(12-16)23-20(25)27-2;1-2-3-4-5-9-20-11-16-17(12-20)18(16,13-21)14-7-6-8-15(19)10-14;1-5-2(3)4/h8-10,12,18-19H,4-7,11,13-15H2,1-3H3,(H,23,25);6-8,10,16-17,21H,2-5,9,11-13,19H2,1H3;1H3. The number of carbonyl (C=O) groups is 3. The molecule has 0 aromatic heterocycles. The number of benzene rings is 2. The SMILES string of the molecule is CCCCCCN1CC2C(C1)C2(CO)c1cccc(N)c1.CCCCCCN1CC2C(C1)C2(COC(=O)OC)c1cccc(NC(=O)OC)c1.COC(=O)Cl. The molecule has 306 valence electrons. The lowest BCUT2D eigenvalue weighted by Gasteiger charge is -2.27. The van der Waals surface area contributed by atoms with Crippen LogP contribution in [0.5, 0.6) is 0 Å². The molecule has 2 saturated heterocycles. The van der Waals surface area contributed by atoms with Gasteiger partial charge in [0, 0.05) is 60.0 Å². The number of unbranched alkanes of at least 4 members (excludes halogenated alkanes) is 6. The molecule has 13 heteroatoms. The zero-order valence-electron chi connectivity index (χ0n) is 33.4. The van der Waals surface area contributed by atoms with E-state index in [0.29, 0.717) is 36.0 Å². The van der Waals surface area contributed by atoms with Gasteiger partial charge in [-0.1, -0.05) is 76.6 Å². The highest BCUT2D eigenvalue weighted by molar-refractivity contribution is 6.61. The Kier molecular flexibility index (Phi) is 16.9. The van der Waals surface area contributed by atoms with E-state index < -0.39 is 17.7 Å². The number of likely N-dealkylation sites (tertiary alicyclic amines) is 2. The monoisotopic (exact) mass is 786 g/mol. The number of aliphatic hydroxyl groups is 1. The Morgan fingerprint density at radius 1 is 0.764 bits per heavy atom. The second-order valence-corrected chi connectivity index (χ2v) is 15.6. The van der Waals surface area contributed by atoms with Gasteiger partial charge in [-0.05, 0) is 85.0 Å². The number of methoxy groups -OCH3 is 3. The number of nitrogens with zero attached hydrogens (tertiary/aromatic N) is 2. The molecule has 4 atom stereocenters. The van der Waals surface area contributed by atoms with E-state index in [1.807, 2.05) is 36.4 Å². The highest BCUT2D eigenvalue weighted by Crippen LogP contribution is 2.64. The van der Waals surface area contributed by atoms with Gasteiger partial charge in [0.1, 0.15) is 6.61 Å². The molecule has 2 aliphatic heterocycles. The van der Waals surface area contributed by atoms with Gasteiger partial charge < -0.3 is 39.6 Å². The Hall–Kier alpha value is -3.58. The molecule has 55 heavy (non-hydrogen) atoms. The molecule has 4 unspecified atom stereocenters. The Morgan fingerprint density at radius 2 is 1.27 bits per heavy atom. The first-order chi connectivity index (χ1) is 26.5. The van der Waals surface area contributed by atoms with Gasteiger partial charge in [-0.25, -0.2) is 14.4 Å². The van der Waals surface area contributed by atoms with Gasteiger partial charge >= 0.3 is 17.7 Å². The zero-order chi connectivity index (χ0) is 40.0. The van der Waals surface area contributed by atoms with Gasteiger partial charge in [-0.3, -0.25) is 5.32 Å². The summed E-state index contributed by atoms with van der Waals surface area (Å²) in [6.45, 7) is 11.7. The molecular formula is C42H63ClN4O8. The third-order valence-corrected chi connectivity index (χ3v) is 12.3. The number of nitrogens with one attached hydrogen (secondary N) is 1. The van der Waals surface area contributed by atoms with E-state index >= 15 is 0 Å². The quantitative estimate of drug-likeness (QED) is 0.0506. The van der Waals surface area contributed by atoms with Crippen LogP contribution in [0.1, 0.15) is 76.3 Å². The number of piperidine rings is 2. The predicted molar refractivity (Wildman–Crippen MR) is 216 cm³/mol. The number of ether oxygens (including phenoxy) is 4. The van der Waals surface area contributed by atoms with E-state index in [4.69, 9.17) is 10.5 Å². The maximum Gasteiger partial charge on any atom is 0.508 e. The second-order valence-electron chi connectivity index (χ2n) is 15.3. The van der Waals surface area contributed by atoms with Crippen molar-refractivity contribution in [1.82, 2.24) is 9.80 Å². The van der Waals surface area contributed by atoms with E-state index in [9.17, 15) is 19.5 Å². The number of aliphatic hydroxyl groups excluding tert-OH is 1. The van der Waals surface area contributed by atoms with Crippen LogP contribution in [0.15, 0.2) is 48.5 Å². The van der Waals surface area contributed by atoms with Gasteiger partial charge in [-0.15, -0.1) is 0 Å². The van der Waals surface area contributed by atoms with Crippen molar-refractivity contribution in [2.24, 2.45) is 23.7 Å². The first-order valence-corrected chi connectivity index (χ1v) is 20.2. The number of anilines is 2. The van der Waals surface area contributed by atoms with Gasteiger partial charge in [0.2, 0.25) is 0 Å². The van der Waals surface area contributed by atoms with Crippen LogP contribution in [0, 0.1) is 23.7 Å². The topological polar surface area (TPSA) is 153 Å². The summed E-state index contributed by atoms with van der Waals surface area (Å²) in [6.07, 6.45) is 9.20. The maximum atomic E-state index is 11.6. The maximum absolute atomic E-state index is 11.6. The number of nitrogens with two attached hydrogens (primary N) is 1. The summed E-state index contributed by atoms with van der Waals surface area (Å²) in [6, 6.07) is 15.9. The first kappa shape index (κ1) is 44.1. The van der Waals surface area contributed by atoms with Gasteiger partial charge in [-0.2, -0.15) is 0 Å². The van der Waals surface area contributed by atoms with Crippen molar-refractivity contribution in [1.29, 1.82) is 0 Å². The van der Waals surface area contributed by atoms with Crippen LogP contribution in [0.3, 0.4) is 0 Å². The van der Waals surface area contributed by atoms with Crippen LogP contribution < -0.4 is 11.1 Å². The molecule has 12 nitrogen and oxygen atoms in total. The lowest BCUT2D eigenvalue weighted by Crippen LogP contribution is -2.34. The molecule has 4 aliphatic rings. The summed E-state index contributed by atoms with van der Waals surface area (Å²) < 4.78 is 18.6. The van der Waals surface area contributed by atoms with Gasteiger partial charge in [0.15, 0.2) is 0 Å². The van der Waals surface area contributed by atoms with Crippen LogP contribution in [0.2, 0.25) is 0 Å². The van der Waals surface area contributed by atoms with Crippen LogP contribution in [-0.4, -0.2) is 106 Å². The van der Waals surface area contributed by atoms with Crippen LogP contribution in [-0.2, 0) is 29.8 Å². The molecule has 2 aromatic carbocycles. The molecule has 2 aromatic rings. The average Bonchev–Trinajstić information content (AvgIpc) is 3.76. The lowest BCUT2D eigenvalue weighted by molar-refractivity contribution is 0.0589. The molecule has 0 bridgehead atoms. The summed E-state index contributed by atoms with van der Waals surface area (Å²) in [7, 11) is 3.88. The number of hydrogen-bond acceptors (Lipinski definition) is 11. The summed E-state index contributed by atoms with van der Waals surface area (Å²) in [5, 5.41) is 12.7. The number of nitrogen functional groups attached to an aromatic ring is 1. The van der Waals surface area contributed by atoms with E-state index in [-0.39, 0.29) is 17.4 Å². The summed E-state index contributed by atoms with van der Waals surface area (Å²) in [5.74, 6) is 2.12. The second kappa shape index (κ2) is 21.1. The van der Waals surface area contributed by atoms with Crippen LogP contribution in [0.25, 0.3) is 0 Å². The van der Waals surface area contributed by atoms with Crippen LogP contribution >= 0.6 is 11.6 Å². The highest BCUT2D eigenvalue weighted by Gasteiger charge is 2.69. The molecule has 0 radical (unpaired) electrons. The minimum absolute atomic E-state index is 0.00466. The molecule has 2 aliphatic carbocycles. The van der Waals surface area contributed by atoms with Crippen molar-refractivity contribution < 1.29 is 38.4 Å². The van der Waals surface area contributed by atoms with E-state index in [2.05, 4.69) is 66.9 Å². The van der Waals surface area contributed by atoms with Crippen molar-refractivity contribution in [2.75, 3.05) is 84.9 Å². The summed E-state index contributed by atoms with van der Waals surface area (Å²) in [4.78, 5) is 37.7. The molecule has 2 heterocycles. The molecule has 1 amide bonds.